The molecule has 2 unspecified atom stereocenters. The summed E-state index contributed by atoms with van der Waals surface area (Å²) in [7, 11) is 2.17. The second-order valence-corrected chi connectivity index (χ2v) is 5.60. The summed E-state index contributed by atoms with van der Waals surface area (Å²) in [4.78, 5) is 2.37. The van der Waals surface area contributed by atoms with Gasteiger partial charge in [-0.3, -0.25) is 0 Å². The molecule has 0 heterocycles. The summed E-state index contributed by atoms with van der Waals surface area (Å²) in [5, 5.41) is 0. The molecule has 2 nitrogen and oxygen atoms in total. The monoisotopic (exact) mass is 298 g/mol. The van der Waals surface area contributed by atoms with Crippen molar-refractivity contribution in [1.82, 2.24) is 4.90 Å². The summed E-state index contributed by atoms with van der Waals surface area (Å²) in [5.41, 5.74) is 7.41. The van der Waals surface area contributed by atoms with Gasteiger partial charge < -0.3 is 10.6 Å². The maximum atomic E-state index is 6.21. The molecule has 0 aliphatic carbocycles. The van der Waals surface area contributed by atoms with Crippen LogP contribution in [0.5, 0.6) is 0 Å². The zero-order valence-corrected chi connectivity index (χ0v) is 12.6. The van der Waals surface area contributed by atoms with Gasteiger partial charge in [-0.25, -0.2) is 0 Å². The average Bonchev–Trinajstić information content (AvgIpc) is 2.34. The Morgan fingerprint density at radius 3 is 2.71 bits per heavy atom. The molecule has 2 N–H and O–H groups in total. The van der Waals surface area contributed by atoms with Crippen molar-refractivity contribution in [2.45, 2.75) is 38.8 Å². The number of hydrogen-bond donors (Lipinski definition) is 1. The Morgan fingerprint density at radius 1 is 1.41 bits per heavy atom. The SMILES string of the molecule is CCC(C)N(C)CCC(N)c1cccc(Br)c1. The predicted octanol–water partition coefficient (Wildman–Crippen LogP) is 3.57. The lowest BCUT2D eigenvalue weighted by atomic mass is 10.0. The highest BCUT2D eigenvalue weighted by atomic mass is 79.9. The molecule has 0 saturated heterocycles. The molecule has 0 amide bonds. The van der Waals surface area contributed by atoms with E-state index in [1.807, 2.05) is 12.1 Å². The molecule has 1 aromatic carbocycles. The van der Waals surface area contributed by atoms with Crippen molar-refractivity contribution in [3.05, 3.63) is 34.3 Å². The van der Waals surface area contributed by atoms with Crippen molar-refractivity contribution in [2.24, 2.45) is 5.73 Å². The van der Waals surface area contributed by atoms with Crippen molar-refractivity contribution in [2.75, 3.05) is 13.6 Å². The standard InChI is InChI=1S/C14H23BrN2/c1-4-11(2)17(3)9-8-14(16)12-6-5-7-13(15)10-12/h5-7,10-11,14H,4,8-9,16H2,1-3H3. The molecule has 3 heteroatoms. The molecule has 0 aliphatic heterocycles. The van der Waals surface area contributed by atoms with E-state index in [2.05, 4.69) is 53.9 Å². The smallest absolute Gasteiger partial charge is 0.0307 e. The number of nitrogens with two attached hydrogens (primary N) is 1. The van der Waals surface area contributed by atoms with Crippen LogP contribution in [0.4, 0.5) is 0 Å². The highest BCUT2D eigenvalue weighted by Crippen LogP contribution is 2.19. The maximum absolute atomic E-state index is 6.21. The van der Waals surface area contributed by atoms with Gasteiger partial charge in [-0.05, 0) is 51.1 Å². The molecule has 0 radical (unpaired) electrons. The van der Waals surface area contributed by atoms with E-state index in [1.165, 1.54) is 12.0 Å². The Morgan fingerprint density at radius 2 is 2.12 bits per heavy atom. The predicted molar refractivity (Wildman–Crippen MR) is 78.1 cm³/mol. The van der Waals surface area contributed by atoms with Gasteiger partial charge in [0.1, 0.15) is 0 Å². The van der Waals surface area contributed by atoms with Crippen molar-refractivity contribution in [1.29, 1.82) is 0 Å². The van der Waals surface area contributed by atoms with Crippen molar-refractivity contribution in [3.8, 4) is 0 Å². The maximum Gasteiger partial charge on any atom is 0.0307 e. The number of nitrogens with zero attached hydrogens (tertiary/aromatic N) is 1. The first-order valence-electron chi connectivity index (χ1n) is 6.25. The van der Waals surface area contributed by atoms with Crippen LogP contribution in [0, 0.1) is 0 Å². The van der Waals surface area contributed by atoms with Crippen molar-refractivity contribution in [3.63, 3.8) is 0 Å². The van der Waals surface area contributed by atoms with Gasteiger partial charge >= 0.3 is 0 Å². The lowest BCUT2D eigenvalue weighted by molar-refractivity contribution is 0.243. The summed E-state index contributed by atoms with van der Waals surface area (Å²) in [5.74, 6) is 0. The Kier molecular flexibility index (Phi) is 6.17. The molecule has 2 atom stereocenters. The van der Waals surface area contributed by atoms with E-state index in [1.54, 1.807) is 0 Å². The molecular formula is C14H23BrN2. The number of halogens is 1. The highest BCUT2D eigenvalue weighted by molar-refractivity contribution is 9.10. The molecule has 0 aliphatic rings. The normalized spacial score (nSPS) is 14.9. The Bertz CT molecular complexity index is 341. The van der Waals surface area contributed by atoms with Crippen LogP contribution >= 0.6 is 15.9 Å². The lowest BCUT2D eigenvalue weighted by Gasteiger charge is -2.25. The summed E-state index contributed by atoms with van der Waals surface area (Å²) in [6.45, 7) is 5.52. The highest BCUT2D eigenvalue weighted by Gasteiger charge is 2.10. The molecule has 0 saturated carbocycles. The van der Waals surface area contributed by atoms with Gasteiger partial charge in [0.05, 0.1) is 0 Å². The summed E-state index contributed by atoms with van der Waals surface area (Å²) in [6.07, 6.45) is 2.18. The molecule has 0 fully saturated rings. The molecule has 0 bridgehead atoms. The molecular weight excluding hydrogens is 276 g/mol. The van der Waals surface area contributed by atoms with Gasteiger partial charge in [-0.1, -0.05) is 35.0 Å². The minimum absolute atomic E-state index is 0.124. The Hall–Kier alpha value is -0.380. The lowest BCUT2D eigenvalue weighted by Crippen LogP contribution is -2.31. The van der Waals surface area contributed by atoms with Crippen LogP contribution in [0.15, 0.2) is 28.7 Å². The first kappa shape index (κ1) is 14.7. The zero-order chi connectivity index (χ0) is 12.8. The van der Waals surface area contributed by atoms with E-state index in [0.717, 1.165) is 17.4 Å². The van der Waals surface area contributed by atoms with E-state index >= 15 is 0 Å². The average molecular weight is 299 g/mol. The Labute approximate surface area is 113 Å². The van der Waals surface area contributed by atoms with E-state index in [0.29, 0.717) is 6.04 Å². The van der Waals surface area contributed by atoms with Gasteiger partial charge in [0.25, 0.3) is 0 Å². The van der Waals surface area contributed by atoms with Crippen LogP contribution < -0.4 is 5.73 Å². The number of benzene rings is 1. The van der Waals surface area contributed by atoms with Crippen LogP contribution in [0.25, 0.3) is 0 Å². The largest absolute Gasteiger partial charge is 0.324 e. The van der Waals surface area contributed by atoms with E-state index in [4.69, 9.17) is 5.73 Å². The third-order valence-electron chi connectivity index (χ3n) is 3.41. The van der Waals surface area contributed by atoms with Crippen LogP contribution in [0.1, 0.15) is 38.3 Å². The van der Waals surface area contributed by atoms with Crippen LogP contribution in [-0.4, -0.2) is 24.5 Å². The first-order chi connectivity index (χ1) is 8.04. The van der Waals surface area contributed by atoms with Gasteiger partial charge in [-0.2, -0.15) is 0 Å². The minimum atomic E-state index is 0.124. The van der Waals surface area contributed by atoms with Crippen molar-refractivity contribution >= 4 is 15.9 Å². The third-order valence-corrected chi connectivity index (χ3v) is 3.91. The van der Waals surface area contributed by atoms with Crippen molar-refractivity contribution < 1.29 is 0 Å². The molecule has 96 valence electrons. The van der Waals surface area contributed by atoms with Gasteiger partial charge in [0.2, 0.25) is 0 Å². The molecule has 0 spiro atoms. The van der Waals surface area contributed by atoms with Crippen LogP contribution in [0.3, 0.4) is 0 Å². The zero-order valence-electron chi connectivity index (χ0n) is 11.0. The number of rotatable bonds is 6. The Balaban J connectivity index is 2.47. The molecule has 0 aromatic heterocycles. The third kappa shape index (κ3) is 4.78. The molecule has 17 heavy (non-hydrogen) atoms. The second-order valence-electron chi connectivity index (χ2n) is 4.69. The summed E-state index contributed by atoms with van der Waals surface area (Å²) in [6, 6.07) is 9.02. The van der Waals surface area contributed by atoms with Gasteiger partial charge in [0.15, 0.2) is 0 Å². The van der Waals surface area contributed by atoms with Gasteiger partial charge in [-0.15, -0.1) is 0 Å². The summed E-state index contributed by atoms with van der Waals surface area (Å²) < 4.78 is 1.10. The minimum Gasteiger partial charge on any atom is -0.324 e. The first-order valence-corrected chi connectivity index (χ1v) is 7.05. The molecule has 1 aromatic rings. The van der Waals surface area contributed by atoms with Crippen LogP contribution in [-0.2, 0) is 0 Å². The summed E-state index contributed by atoms with van der Waals surface area (Å²) >= 11 is 3.48. The quantitative estimate of drug-likeness (QED) is 0.870. The topological polar surface area (TPSA) is 29.3 Å². The second kappa shape index (κ2) is 7.14. The van der Waals surface area contributed by atoms with E-state index < -0.39 is 0 Å². The van der Waals surface area contributed by atoms with Gasteiger partial charge in [0, 0.05) is 16.6 Å². The fourth-order valence-electron chi connectivity index (χ4n) is 1.78. The van der Waals surface area contributed by atoms with E-state index in [-0.39, 0.29) is 6.04 Å². The molecule has 1 rings (SSSR count). The van der Waals surface area contributed by atoms with E-state index in [9.17, 15) is 0 Å². The fourth-order valence-corrected chi connectivity index (χ4v) is 2.20. The fraction of sp³-hybridized carbons (Fsp3) is 0.571. The number of hydrogen-bond acceptors (Lipinski definition) is 2. The van der Waals surface area contributed by atoms with Crippen LogP contribution in [0.2, 0.25) is 0 Å².